The summed E-state index contributed by atoms with van der Waals surface area (Å²) in [6.07, 6.45) is 1.63. The number of aromatic amines is 1. The van der Waals surface area contributed by atoms with Crippen molar-refractivity contribution in [2.24, 2.45) is 5.92 Å². The van der Waals surface area contributed by atoms with Crippen LogP contribution in [0, 0.1) is 5.92 Å². The standard InChI is InChI=1S/C15H15NO4/c1-20-9-4-5-10-11(7-13(17)18)14(16-12(10)6-9)15(19)8-2-3-8/h4-6,8,16H,2-3,7H2,1H3,(H,17,18). The largest absolute Gasteiger partial charge is 0.497 e. The van der Waals surface area contributed by atoms with E-state index in [-0.39, 0.29) is 18.1 Å². The van der Waals surface area contributed by atoms with E-state index in [2.05, 4.69) is 4.98 Å². The number of nitrogens with one attached hydrogen (secondary N) is 1. The highest BCUT2D eigenvalue weighted by Crippen LogP contribution is 2.35. The van der Waals surface area contributed by atoms with E-state index in [4.69, 9.17) is 9.84 Å². The van der Waals surface area contributed by atoms with E-state index in [1.54, 1.807) is 25.3 Å². The highest BCUT2D eigenvalue weighted by Gasteiger charge is 2.33. The summed E-state index contributed by atoms with van der Waals surface area (Å²) in [6, 6.07) is 5.35. The van der Waals surface area contributed by atoms with Crippen LogP contribution in [-0.2, 0) is 11.2 Å². The Hall–Kier alpha value is -2.30. The lowest BCUT2D eigenvalue weighted by Gasteiger charge is -2.01. The summed E-state index contributed by atoms with van der Waals surface area (Å²) in [5.74, 6) is -0.188. The van der Waals surface area contributed by atoms with Crippen LogP contribution < -0.4 is 4.74 Å². The molecule has 3 rings (SSSR count). The van der Waals surface area contributed by atoms with Gasteiger partial charge in [-0.05, 0) is 30.5 Å². The van der Waals surface area contributed by atoms with Crippen LogP contribution in [0.4, 0.5) is 0 Å². The number of carboxylic acids is 1. The minimum absolute atomic E-state index is 0.0245. The van der Waals surface area contributed by atoms with Gasteiger partial charge in [-0.15, -0.1) is 0 Å². The zero-order chi connectivity index (χ0) is 14.3. The minimum Gasteiger partial charge on any atom is -0.497 e. The third-order valence-electron chi connectivity index (χ3n) is 3.64. The summed E-state index contributed by atoms with van der Waals surface area (Å²) >= 11 is 0. The number of aliphatic carboxylic acids is 1. The number of carbonyl (C=O) groups is 2. The first-order valence-corrected chi connectivity index (χ1v) is 6.54. The Morgan fingerprint density at radius 3 is 2.75 bits per heavy atom. The van der Waals surface area contributed by atoms with Gasteiger partial charge >= 0.3 is 5.97 Å². The Balaban J connectivity index is 2.15. The molecular formula is C15H15NO4. The van der Waals surface area contributed by atoms with Gasteiger partial charge in [0.25, 0.3) is 0 Å². The molecule has 1 aliphatic carbocycles. The fraction of sp³-hybridized carbons (Fsp3) is 0.333. The van der Waals surface area contributed by atoms with Crippen molar-refractivity contribution in [2.45, 2.75) is 19.3 Å². The number of carboxylic acid groups (broad SMARTS) is 1. The molecule has 20 heavy (non-hydrogen) atoms. The van der Waals surface area contributed by atoms with Gasteiger partial charge in [0.15, 0.2) is 5.78 Å². The fourth-order valence-electron chi connectivity index (χ4n) is 2.46. The second-order valence-corrected chi connectivity index (χ2v) is 5.10. The molecule has 1 heterocycles. The van der Waals surface area contributed by atoms with E-state index in [0.717, 1.165) is 23.7 Å². The molecule has 1 aromatic heterocycles. The van der Waals surface area contributed by atoms with E-state index in [1.807, 2.05) is 0 Å². The van der Waals surface area contributed by atoms with Crippen molar-refractivity contribution in [3.8, 4) is 5.75 Å². The first-order chi connectivity index (χ1) is 9.60. The predicted octanol–water partition coefficient (Wildman–Crippen LogP) is 2.40. The summed E-state index contributed by atoms with van der Waals surface area (Å²) < 4.78 is 5.15. The molecule has 5 heteroatoms. The third-order valence-corrected chi connectivity index (χ3v) is 3.64. The Bertz CT molecular complexity index is 697. The number of rotatable bonds is 5. The number of ketones is 1. The number of hydrogen-bond donors (Lipinski definition) is 2. The van der Waals surface area contributed by atoms with Crippen molar-refractivity contribution in [3.05, 3.63) is 29.5 Å². The molecule has 0 saturated heterocycles. The molecule has 0 amide bonds. The highest BCUT2D eigenvalue weighted by atomic mass is 16.5. The molecule has 0 aliphatic heterocycles. The predicted molar refractivity (Wildman–Crippen MR) is 73.2 cm³/mol. The highest BCUT2D eigenvalue weighted by molar-refractivity contribution is 6.05. The molecule has 0 unspecified atom stereocenters. The van der Waals surface area contributed by atoms with Crippen LogP contribution in [0.25, 0.3) is 10.9 Å². The molecule has 0 atom stereocenters. The Morgan fingerprint density at radius 1 is 1.40 bits per heavy atom. The molecule has 1 aliphatic rings. The number of fused-ring (bicyclic) bond motifs is 1. The molecular weight excluding hydrogens is 258 g/mol. The average molecular weight is 273 g/mol. The lowest BCUT2D eigenvalue weighted by atomic mass is 10.0. The molecule has 2 aromatic rings. The van der Waals surface area contributed by atoms with Crippen LogP contribution in [0.2, 0.25) is 0 Å². The molecule has 1 aromatic carbocycles. The lowest BCUT2D eigenvalue weighted by Crippen LogP contribution is -2.08. The van der Waals surface area contributed by atoms with Crippen LogP contribution in [-0.4, -0.2) is 29.0 Å². The van der Waals surface area contributed by atoms with E-state index in [9.17, 15) is 9.59 Å². The Kier molecular flexibility index (Phi) is 2.97. The van der Waals surface area contributed by atoms with Gasteiger partial charge in [-0.2, -0.15) is 0 Å². The molecule has 1 fully saturated rings. The van der Waals surface area contributed by atoms with Gasteiger partial charge in [0.05, 0.1) is 19.2 Å². The molecule has 0 bridgehead atoms. The molecule has 1 saturated carbocycles. The normalized spacial score (nSPS) is 14.4. The zero-order valence-electron chi connectivity index (χ0n) is 11.1. The summed E-state index contributed by atoms with van der Waals surface area (Å²) in [5, 5.41) is 9.83. The topological polar surface area (TPSA) is 79.4 Å². The molecule has 104 valence electrons. The second-order valence-electron chi connectivity index (χ2n) is 5.10. The van der Waals surface area contributed by atoms with Gasteiger partial charge < -0.3 is 14.8 Å². The number of ether oxygens (including phenoxy) is 1. The Morgan fingerprint density at radius 2 is 2.15 bits per heavy atom. The van der Waals surface area contributed by atoms with Gasteiger partial charge in [-0.25, -0.2) is 0 Å². The number of carbonyl (C=O) groups excluding carboxylic acids is 1. The number of benzene rings is 1. The number of aromatic nitrogens is 1. The van der Waals surface area contributed by atoms with E-state index in [1.165, 1.54) is 0 Å². The van der Waals surface area contributed by atoms with Crippen molar-refractivity contribution in [1.82, 2.24) is 4.98 Å². The summed E-state index contributed by atoms with van der Waals surface area (Å²) in [6.45, 7) is 0. The maximum absolute atomic E-state index is 12.3. The van der Waals surface area contributed by atoms with Gasteiger partial charge in [-0.3, -0.25) is 9.59 Å². The van der Waals surface area contributed by atoms with Crippen molar-refractivity contribution < 1.29 is 19.4 Å². The van der Waals surface area contributed by atoms with Crippen molar-refractivity contribution in [3.63, 3.8) is 0 Å². The Labute approximate surface area is 115 Å². The maximum atomic E-state index is 12.3. The second kappa shape index (κ2) is 4.67. The van der Waals surface area contributed by atoms with Gasteiger partial charge in [-0.1, -0.05) is 0 Å². The van der Waals surface area contributed by atoms with Crippen molar-refractivity contribution in [2.75, 3.05) is 7.11 Å². The first kappa shape index (κ1) is 12.7. The van der Waals surface area contributed by atoms with Crippen LogP contribution in [0.5, 0.6) is 5.75 Å². The van der Waals surface area contributed by atoms with Crippen LogP contribution in [0.15, 0.2) is 18.2 Å². The number of hydrogen-bond acceptors (Lipinski definition) is 3. The van der Waals surface area contributed by atoms with Crippen molar-refractivity contribution >= 4 is 22.7 Å². The first-order valence-electron chi connectivity index (χ1n) is 6.54. The SMILES string of the molecule is COc1ccc2c(CC(=O)O)c(C(=O)C3CC3)[nH]c2c1. The van der Waals surface area contributed by atoms with Crippen LogP contribution in [0.1, 0.15) is 28.9 Å². The molecule has 0 radical (unpaired) electrons. The molecule has 2 N–H and O–H groups in total. The summed E-state index contributed by atoms with van der Waals surface area (Å²) in [5.41, 5.74) is 1.76. The minimum atomic E-state index is -0.938. The lowest BCUT2D eigenvalue weighted by molar-refractivity contribution is -0.136. The molecule has 0 spiro atoms. The zero-order valence-corrected chi connectivity index (χ0v) is 11.1. The number of H-pyrrole nitrogens is 1. The van der Waals surface area contributed by atoms with Gasteiger partial charge in [0.1, 0.15) is 5.75 Å². The average Bonchev–Trinajstić information content (AvgIpc) is 3.21. The fourth-order valence-corrected chi connectivity index (χ4v) is 2.46. The maximum Gasteiger partial charge on any atom is 0.307 e. The summed E-state index contributed by atoms with van der Waals surface area (Å²) in [7, 11) is 1.57. The van der Waals surface area contributed by atoms with Gasteiger partial charge in [0, 0.05) is 22.9 Å². The van der Waals surface area contributed by atoms with E-state index in [0.29, 0.717) is 17.0 Å². The van der Waals surface area contributed by atoms with Gasteiger partial charge in [0.2, 0.25) is 0 Å². The quantitative estimate of drug-likeness (QED) is 0.820. The van der Waals surface area contributed by atoms with Crippen LogP contribution in [0.3, 0.4) is 0 Å². The summed E-state index contributed by atoms with van der Waals surface area (Å²) in [4.78, 5) is 26.4. The third kappa shape index (κ3) is 2.15. The monoisotopic (exact) mass is 273 g/mol. The van der Waals surface area contributed by atoms with Crippen LogP contribution >= 0.6 is 0 Å². The van der Waals surface area contributed by atoms with E-state index < -0.39 is 5.97 Å². The molecule has 5 nitrogen and oxygen atoms in total. The number of Topliss-reactive ketones (excluding diaryl/α,β-unsaturated/α-hetero) is 1. The number of methoxy groups -OCH3 is 1. The smallest absolute Gasteiger partial charge is 0.307 e. The van der Waals surface area contributed by atoms with E-state index >= 15 is 0 Å². The van der Waals surface area contributed by atoms with Crippen molar-refractivity contribution in [1.29, 1.82) is 0 Å².